The van der Waals surface area contributed by atoms with E-state index < -0.39 is 30.4 Å². The zero-order chi connectivity index (χ0) is 16.3. The van der Waals surface area contributed by atoms with Gasteiger partial charge in [0.05, 0.1) is 0 Å². The van der Waals surface area contributed by atoms with Crippen LogP contribution in [0.25, 0.3) is 0 Å². The van der Waals surface area contributed by atoms with E-state index in [0.29, 0.717) is 11.1 Å². The van der Waals surface area contributed by atoms with Crippen molar-refractivity contribution in [1.82, 2.24) is 0 Å². The standard InChI is InChI=1S/C14H15NO3/c16-12-7-9-5-11(15(17)18)6-10(8-12)14-4-2-1-3-13(9)14/h1-4,9-10H,5-8H2,(H,17,18)/t9-,10+/i7D2,8D2. The smallest absolute Gasteiger partial charge is 0.222 e. The number of carbonyl (C=O) groups excluding carboxylic acids is 1. The Hall–Kier alpha value is -1.84. The Morgan fingerprint density at radius 1 is 1.22 bits per heavy atom. The lowest BCUT2D eigenvalue weighted by Crippen LogP contribution is -2.21. The van der Waals surface area contributed by atoms with Crippen LogP contribution in [0, 0.1) is 5.21 Å². The molecule has 2 atom stereocenters. The number of carbonyl (C=O) groups is 1. The van der Waals surface area contributed by atoms with Gasteiger partial charge in [-0.05, 0) is 11.1 Å². The third-order valence-electron chi connectivity index (χ3n) is 3.51. The van der Waals surface area contributed by atoms with Crippen LogP contribution >= 0.6 is 0 Å². The Kier molecular flexibility index (Phi) is 1.73. The summed E-state index contributed by atoms with van der Waals surface area (Å²) in [6, 6.07) is 6.72. The van der Waals surface area contributed by atoms with E-state index in [-0.39, 0.29) is 23.5 Å². The number of Topliss-reactive ketones (excluding diaryl/α,β-unsaturated/α-hetero) is 1. The van der Waals surface area contributed by atoms with Crippen molar-refractivity contribution in [2.75, 3.05) is 0 Å². The minimum Gasteiger partial charge on any atom is -0.418 e. The van der Waals surface area contributed by atoms with E-state index in [9.17, 15) is 15.2 Å². The molecule has 0 radical (unpaired) electrons. The summed E-state index contributed by atoms with van der Waals surface area (Å²) in [6.07, 6.45) is -5.11. The number of hydrogen-bond donors (Lipinski definition) is 1. The van der Waals surface area contributed by atoms with Crippen molar-refractivity contribution in [2.24, 2.45) is 0 Å². The first-order chi connectivity index (χ1) is 10.2. The van der Waals surface area contributed by atoms with Gasteiger partial charge in [-0.3, -0.25) is 10.0 Å². The number of benzene rings is 1. The van der Waals surface area contributed by atoms with E-state index in [1.54, 1.807) is 24.3 Å². The minimum absolute atomic E-state index is 0.00792. The van der Waals surface area contributed by atoms with Gasteiger partial charge >= 0.3 is 0 Å². The monoisotopic (exact) mass is 249 g/mol. The molecule has 2 bridgehead atoms. The number of rotatable bonds is 0. The summed E-state index contributed by atoms with van der Waals surface area (Å²) in [4.78, 5) is 12.1. The van der Waals surface area contributed by atoms with Crippen LogP contribution in [0.2, 0.25) is 0 Å². The molecule has 0 fully saturated rings. The molecule has 2 aliphatic carbocycles. The van der Waals surface area contributed by atoms with Gasteiger partial charge in [-0.1, -0.05) is 24.3 Å². The van der Waals surface area contributed by atoms with E-state index in [1.165, 1.54) is 0 Å². The lowest BCUT2D eigenvalue weighted by molar-refractivity contribution is -0.727. The Morgan fingerprint density at radius 2 is 1.72 bits per heavy atom. The second kappa shape index (κ2) is 4.12. The molecule has 1 N–H and O–H groups in total. The summed E-state index contributed by atoms with van der Waals surface area (Å²) < 4.78 is 32.5. The molecule has 0 aliphatic heterocycles. The molecule has 0 saturated heterocycles. The molecule has 2 aliphatic rings. The summed E-state index contributed by atoms with van der Waals surface area (Å²) in [6.45, 7) is 0. The largest absolute Gasteiger partial charge is 0.418 e. The van der Waals surface area contributed by atoms with E-state index in [0.717, 1.165) is 0 Å². The highest BCUT2D eigenvalue weighted by atomic mass is 16.8. The maximum atomic E-state index is 12.4. The maximum Gasteiger partial charge on any atom is 0.222 e. The molecule has 0 saturated carbocycles. The van der Waals surface area contributed by atoms with Crippen molar-refractivity contribution in [3.05, 3.63) is 40.6 Å². The summed E-state index contributed by atoms with van der Waals surface area (Å²) in [7, 11) is 0. The number of nitrogens with zero attached hydrogens (tertiary/aromatic N) is 1. The molecule has 0 unspecified atom stereocenters. The van der Waals surface area contributed by atoms with Gasteiger partial charge in [-0.15, -0.1) is 0 Å². The molecular weight excluding hydrogens is 230 g/mol. The molecule has 1 aromatic rings. The van der Waals surface area contributed by atoms with Crippen LogP contribution < -0.4 is 0 Å². The summed E-state index contributed by atoms with van der Waals surface area (Å²) in [5.74, 6) is -3.07. The Bertz CT molecular complexity index is 633. The van der Waals surface area contributed by atoms with Crippen LogP contribution in [0.4, 0.5) is 0 Å². The van der Waals surface area contributed by atoms with Gasteiger partial charge in [0.2, 0.25) is 5.71 Å². The van der Waals surface area contributed by atoms with E-state index in [4.69, 9.17) is 5.48 Å². The van der Waals surface area contributed by atoms with Crippen molar-refractivity contribution < 1.29 is 20.4 Å². The molecule has 4 nitrogen and oxygen atoms in total. The molecule has 3 rings (SSSR count). The average Bonchev–Trinajstić information content (AvgIpc) is 2.65. The van der Waals surface area contributed by atoms with Crippen LogP contribution in [0.1, 0.15) is 54.0 Å². The minimum atomic E-state index is -2.45. The van der Waals surface area contributed by atoms with Gasteiger partial charge in [-0.25, -0.2) is 0 Å². The second-order valence-corrected chi connectivity index (χ2v) is 4.60. The van der Waals surface area contributed by atoms with Crippen molar-refractivity contribution in [2.45, 2.75) is 37.4 Å². The topological polar surface area (TPSA) is 63.4 Å². The number of ketones is 1. The van der Waals surface area contributed by atoms with Crippen molar-refractivity contribution >= 4 is 11.5 Å². The van der Waals surface area contributed by atoms with Gasteiger partial charge < -0.3 is 5.21 Å². The van der Waals surface area contributed by atoms with Gasteiger partial charge in [0.15, 0.2) is 0 Å². The van der Waals surface area contributed by atoms with Crippen LogP contribution in [0.3, 0.4) is 0 Å². The van der Waals surface area contributed by atoms with E-state index in [2.05, 4.69) is 0 Å². The molecule has 18 heavy (non-hydrogen) atoms. The normalized spacial score (nSPS) is 38.3. The third-order valence-corrected chi connectivity index (χ3v) is 3.51. The van der Waals surface area contributed by atoms with Crippen molar-refractivity contribution in [3.63, 3.8) is 0 Å². The molecule has 1 aromatic carbocycles. The first kappa shape index (κ1) is 7.56. The quantitative estimate of drug-likeness (QED) is 0.436. The average molecular weight is 249 g/mol. The molecular formula is C14H15NO3. The van der Waals surface area contributed by atoms with Crippen molar-refractivity contribution in [1.29, 1.82) is 0 Å². The SMILES string of the molecule is [2H]C1([2H])C(=O)C([2H])([2H])[C@H]2CC(=[N+]([O-])O)C[C@@H]1c1ccccc12. The third kappa shape index (κ3) is 1.78. The van der Waals surface area contributed by atoms with Gasteiger partial charge in [-0.2, -0.15) is 0 Å². The van der Waals surface area contributed by atoms with Crippen molar-refractivity contribution in [3.8, 4) is 0 Å². The summed E-state index contributed by atoms with van der Waals surface area (Å²) in [5.41, 5.74) is 1.06. The fourth-order valence-electron chi connectivity index (χ4n) is 2.69. The molecule has 0 heterocycles. The molecule has 94 valence electrons. The van der Waals surface area contributed by atoms with Crippen LogP contribution in [0.15, 0.2) is 24.3 Å². The number of hydrogen-bond acceptors (Lipinski definition) is 3. The predicted octanol–water partition coefficient (Wildman–Crippen LogP) is 2.35. The highest BCUT2D eigenvalue weighted by Crippen LogP contribution is 2.42. The Morgan fingerprint density at radius 3 is 2.17 bits per heavy atom. The Balaban J connectivity index is 2.35. The molecule has 0 spiro atoms. The lowest BCUT2D eigenvalue weighted by Gasteiger charge is -2.14. The fourth-order valence-corrected chi connectivity index (χ4v) is 2.69. The summed E-state index contributed by atoms with van der Waals surface area (Å²) >= 11 is 0. The van der Waals surface area contributed by atoms with Crippen LogP contribution in [-0.4, -0.2) is 21.6 Å². The van der Waals surface area contributed by atoms with Gasteiger partial charge in [0.25, 0.3) is 0 Å². The second-order valence-electron chi connectivity index (χ2n) is 4.60. The first-order valence-corrected chi connectivity index (χ1v) is 5.82. The van der Waals surface area contributed by atoms with Gasteiger partial charge in [0.1, 0.15) is 5.78 Å². The first-order valence-electron chi connectivity index (χ1n) is 7.82. The highest BCUT2D eigenvalue weighted by Gasteiger charge is 2.37. The lowest BCUT2D eigenvalue weighted by atomic mass is 9.88. The van der Waals surface area contributed by atoms with Crippen LogP contribution in [0.5, 0.6) is 0 Å². The van der Waals surface area contributed by atoms with Crippen LogP contribution in [-0.2, 0) is 4.79 Å². The zero-order valence-corrected chi connectivity index (χ0v) is 9.59. The zero-order valence-electron chi connectivity index (χ0n) is 13.6. The van der Waals surface area contributed by atoms with Gasteiger partial charge in [0, 0.05) is 47.8 Å². The summed E-state index contributed by atoms with van der Waals surface area (Å²) in [5, 5.41) is 20.6. The predicted molar refractivity (Wildman–Crippen MR) is 65.8 cm³/mol. The Labute approximate surface area is 111 Å². The molecule has 4 heteroatoms. The molecule has 0 aromatic heterocycles. The fraction of sp³-hybridized carbons (Fsp3) is 0.429. The van der Waals surface area contributed by atoms with E-state index >= 15 is 0 Å². The maximum absolute atomic E-state index is 12.4. The molecule has 0 amide bonds. The van der Waals surface area contributed by atoms with E-state index in [1.807, 2.05) is 0 Å². The highest BCUT2D eigenvalue weighted by molar-refractivity contribution is 5.88.